The molecule has 0 N–H and O–H groups in total. The Hall–Kier alpha value is -1.99. The number of methoxy groups -OCH3 is 1. The molecule has 1 aliphatic rings. The average molecular weight is 301 g/mol. The Morgan fingerprint density at radius 1 is 1.41 bits per heavy atom. The van der Waals surface area contributed by atoms with E-state index in [1.807, 2.05) is 29.2 Å². The van der Waals surface area contributed by atoms with Crippen molar-refractivity contribution in [2.24, 2.45) is 5.92 Å². The third-order valence-corrected chi connectivity index (χ3v) is 4.00. The summed E-state index contributed by atoms with van der Waals surface area (Å²) in [5.41, 5.74) is 0.990. The van der Waals surface area contributed by atoms with Crippen molar-refractivity contribution in [2.75, 3.05) is 33.4 Å². The second-order valence-corrected chi connectivity index (χ2v) is 5.57. The average Bonchev–Trinajstić information content (AvgIpc) is 2.56. The summed E-state index contributed by atoms with van der Waals surface area (Å²) in [4.78, 5) is 14.3. The van der Waals surface area contributed by atoms with E-state index in [0.29, 0.717) is 25.6 Å². The van der Waals surface area contributed by atoms with Crippen LogP contribution in [0.3, 0.4) is 0 Å². The van der Waals surface area contributed by atoms with Crippen molar-refractivity contribution in [3.63, 3.8) is 0 Å². The molecular weight excluding hydrogens is 278 g/mol. The number of piperidine rings is 1. The van der Waals surface area contributed by atoms with E-state index in [2.05, 4.69) is 5.92 Å². The summed E-state index contributed by atoms with van der Waals surface area (Å²) in [5, 5.41) is 0. The molecule has 1 fully saturated rings. The molecule has 2 rings (SSSR count). The molecule has 0 aliphatic carbocycles. The fourth-order valence-corrected chi connectivity index (χ4v) is 2.70. The van der Waals surface area contributed by atoms with Gasteiger partial charge in [-0.15, -0.1) is 6.42 Å². The molecule has 118 valence electrons. The standard InChI is InChI=1S/C18H23NO3/c1-3-11-22-14-15-7-9-19(10-8-15)18(20)13-16-5-4-6-17(12-16)21-2/h1,4-6,12,15H,7-11,13-14H2,2H3. The third-order valence-electron chi connectivity index (χ3n) is 4.00. The first-order valence-corrected chi connectivity index (χ1v) is 7.65. The molecule has 1 heterocycles. The SMILES string of the molecule is C#CCOCC1CCN(C(=O)Cc2cccc(OC)c2)CC1. The van der Waals surface area contributed by atoms with Crippen LogP contribution in [0.4, 0.5) is 0 Å². The van der Waals surface area contributed by atoms with E-state index in [9.17, 15) is 4.79 Å². The van der Waals surface area contributed by atoms with Crippen LogP contribution >= 0.6 is 0 Å². The molecule has 0 atom stereocenters. The lowest BCUT2D eigenvalue weighted by molar-refractivity contribution is -0.132. The molecule has 4 nitrogen and oxygen atoms in total. The topological polar surface area (TPSA) is 38.8 Å². The van der Waals surface area contributed by atoms with Crippen molar-refractivity contribution < 1.29 is 14.3 Å². The van der Waals surface area contributed by atoms with Crippen molar-refractivity contribution in [1.82, 2.24) is 4.90 Å². The highest BCUT2D eigenvalue weighted by molar-refractivity contribution is 5.79. The van der Waals surface area contributed by atoms with Crippen molar-refractivity contribution in [1.29, 1.82) is 0 Å². The van der Waals surface area contributed by atoms with E-state index in [4.69, 9.17) is 15.9 Å². The van der Waals surface area contributed by atoms with Crippen LogP contribution in [0.5, 0.6) is 5.75 Å². The zero-order valence-corrected chi connectivity index (χ0v) is 13.1. The van der Waals surface area contributed by atoms with Gasteiger partial charge < -0.3 is 14.4 Å². The van der Waals surface area contributed by atoms with Crippen molar-refractivity contribution in [2.45, 2.75) is 19.3 Å². The highest BCUT2D eigenvalue weighted by Gasteiger charge is 2.22. The zero-order chi connectivity index (χ0) is 15.8. The van der Waals surface area contributed by atoms with Gasteiger partial charge in [-0.2, -0.15) is 0 Å². The second-order valence-electron chi connectivity index (χ2n) is 5.57. The predicted octanol–water partition coefficient (Wildman–Crippen LogP) is 2.13. The zero-order valence-electron chi connectivity index (χ0n) is 13.1. The van der Waals surface area contributed by atoms with E-state index >= 15 is 0 Å². The van der Waals surface area contributed by atoms with Gasteiger partial charge in [-0.3, -0.25) is 4.79 Å². The Bertz CT molecular complexity index is 527. The third kappa shape index (κ3) is 4.78. The molecule has 1 aliphatic heterocycles. The molecule has 4 heteroatoms. The summed E-state index contributed by atoms with van der Waals surface area (Å²) >= 11 is 0. The molecule has 0 aromatic heterocycles. The molecule has 1 amide bonds. The van der Waals surface area contributed by atoms with Gasteiger partial charge in [0.05, 0.1) is 20.1 Å². The maximum absolute atomic E-state index is 12.4. The Labute approximate surface area is 132 Å². The molecule has 22 heavy (non-hydrogen) atoms. The van der Waals surface area contributed by atoms with E-state index in [1.54, 1.807) is 7.11 Å². The molecule has 0 radical (unpaired) electrons. The highest BCUT2D eigenvalue weighted by atomic mass is 16.5. The molecule has 0 bridgehead atoms. The van der Waals surface area contributed by atoms with Gasteiger partial charge in [-0.1, -0.05) is 18.1 Å². The normalized spacial score (nSPS) is 15.4. The fraction of sp³-hybridized carbons (Fsp3) is 0.500. The number of benzene rings is 1. The van der Waals surface area contributed by atoms with Gasteiger partial charge in [0, 0.05) is 13.1 Å². The Morgan fingerprint density at radius 3 is 2.86 bits per heavy atom. The summed E-state index contributed by atoms with van der Waals surface area (Å²) in [6.07, 6.45) is 7.55. The number of rotatable bonds is 6. The molecule has 1 aromatic carbocycles. The largest absolute Gasteiger partial charge is 0.497 e. The van der Waals surface area contributed by atoms with Crippen LogP contribution in [-0.2, 0) is 16.0 Å². The van der Waals surface area contributed by atoms with Crippen LogP contribution in [0.1, 0.15) is 18.4 Å². The summed E-state index contributed by atoms with van der Waals surface area (Å²) in [5.74, 6) is 3.95. The number of amides is 1. The number of terminal acetylenes is 1. The maximum atomic E-state index is 12.4. The Balaban J connectivity index is 1.78. The van der Waals surface area contributed by atoms with Gasteiger partial charge >= 0.3 is 0 Å². The second kappa shape index (κ2) is 8.45. The molecule has 0 saturated carbocycles. The Kier molecular flexibility index (Phi) is 6.29. The molecule has 1 aromatic rings. The monoisotopic (exact) mass is 301 g/mol. The van der Waals surface area contributed by atoms with Gasteiger partial charge in [0.15, 0.2) is 0 Å². The van der Waals surface area contributed by atoms with Gasteiger partial charge in [-0.25, -0.2) is 0 Å². The Morgan fingerprint density at radius 2 is 2.18 bits per heavy atom. The minimum atomic E-state index is 0.177. The summed E-state index contributed by atoms with van der Waals surface area (Å²) in [6, 6.07) is 7.67. The van der Waals surface area contributed by atoms with E-state index < -0.39 is 0 Å². The smallest absolute Gasteiger partial charge is 0.226 e. The van der Waals surface area contributed by atoms with Crippen LogP contribution in [0.2, 0.25) is 0 Å². The quantitative estimate of drug-likeness (QED) is 0.597. The first kappa shape index (κ1) is 16.4. The fourth-order valence-electron chi connectivity index (χ4n) is 2.70. The number of hydrogen-bond donors (Lipinski definition) is 0. The molecule has 0 unspecified atom stereocenters. The summed E-state index contributed by atoms with van der Waals surface area (Å²) in [6.45, 7) is 2.66. The number of carbonyl (C=O) groups is 1. The minimum Gasteiger partial charge on any atom is -0.497 e. The first-order valence-electron chi connectivity index (χ1n) is 7.65. The van der Waals surface area contributed by atoms with Gasteiger partial charge in [0.25, 0.3) is 0 Å². The number of carbonyl (C=O) groups excluding carboxylic acids is 1. The van der Waals surface area contributed by atoms with Crippen molar-refractivity contribution >= 4 is 5.91 Å². The lowest BCUT2D eigenvalue weighted by Gasteiger charge is -2.32. The van der Waals surface area contributed by atoms with Crippen LogP contribution in [0, 0.1) is 18.3 Å². The lowest BCUT2D eigenvalue weighted by atomic mass is 9.97. The van der Waals surface area contributed by atoms with Crippen LogP contribution in [-0.4, -0.2) is 44.2 Å². The number of hydrogen-bond acceptors (Lipinski definition) is 3. The predicted molar refractivity (Wildman–Crippen MR) is 85.7 cm³/mol. The molecule has 1 saturated heterocycles. The van der Waals surface area contributed by atoms with Gasteiger partial charge in [-0.05, 0) is 36.5 Å². The van der Waals surface area contributed by atoms with Crippen LogP contribution in [0.25, 0.3) is 0 Å². The van der Waals surface area contributed by atoms with Crippen molar-refractivity contribution in [3.05, 3.63) is 29.8 Å². The number of likely N-dealkylation sites (tertiary alicyclic amines) is 1. The summed E-state index contributed by atoms with van der Waals surface area (Å²) < 4.78 is 10.6. The number of ether oxygens (including phenoxy) is 2. The van der Waals surface area contributed by atoms with E-state index in [1.165, 1.54) is 0 Å². The first-order chi connectivity index (χ1) is 10.7. The van der Waals surface area contributed by atoms with Gasteiger partial charge in [0.2, 0.25) is 5.91 Å². The summed E-state index contributed by atoms with van der Waals surface area (Å²) in [7, 11) is 1.63. The van der Waals surface area contributed by atoms with E-state index in [0.717, 1.165) is 37.2 Å². The minimum absolute atomic E-state index is 0.177. The van der Waals surface area contributed by atoms with E-state index in [-0.39, 0.29) is 5.91 Å². The molecule has 0 spiro atoms. The van der Waals surface area contributed by atoms with Crippen LogP contribution < -0.4 is 4.74 Å². The van der Waals surface area contributed by atoms with Gasteiger partial charge in [0.1, 0.15) is 12.4 Å². The highest BCUT2D eigenvalue weighted by Crippen LogP contribution is 2.19. The molecular formula is C18H23NO3. The lowest BCUT2D eigenvalue weighted by Crippen LogP contribution is -2.40. The van der Waals surface area contributed by atoms with Crippen molar-refractivity contribution in [3.8, 4) is 18.1 Å². The number of nitrogens with zero attached hydrogens (tertiary/aromatic N) is 1. The maximum Gasteiger partial charge on any atom is 0.226 e. The van der Waals surface area contributed by atoms with Crippen LogP contribution in [0.15, 0.2) is 24.3 Å².